The van der Waals surface area contributed by atoms with Gasteiger partial charge in [-0.3, -0.25) is 9.59 Å². The molecular formula is C27H30ClFN2O2S. The number of alkyl halides is 1. The largest absolute Gasteiger partial charge is 0.332 e. The van der Waals surface area contributed by atoms with Crippen molar-refractivity contribution in [1.82, 2.24) is 9.80 Å². The fourth-order valence-corrected chi connectivity index (χ4v) is 4.85. The molecule has 3 rings (SSSR count). The molecule has 0 spiro atoms. The van der Waals surface area contributed by atoms with E-state index >= 15 is 0 Å². The van der Waals surface area contributed by atoms with Crippen LogP contribution in [0.1, 0.15) is 40.8 Å². The molecule has 4 nitrogen and oxygen atoms in total. The van der Waals surface area contributed by atoms with Crippen molar-refractivity contribution in [2.45, 2.75) is 39.2 Å². The molecule has 1 atom stereocenters. The van der Waals surface area contributed by atoms with Crippen LogP contribution >= 0.6 is 22.9 Å². The Balaban J connectivity index is 1.82. The van der Waals surface area contributed by atoms with E-state index < -0.39 is 5.38 Å². The maximum Gasteiger partial charge on any atom is 0.245 e. The van der Waals surface area contributed by atoms with Crippen molar-refractivity contribution in [3.63, 3.8) is 0 Å². The van der Waals surface area contributed by atoms with Gasteiger partial charge in [-0.2, -0.15) is 0 Å². The van der Waals surface area contributed by atoms with Gasteiger partial charge in [0.15, 0.2) is 0 Å². The van der Waals surface area contributed by atoms with Crippen LogP contribution in [0.4, 0.5) is 4.39 Å². The lowest BCUT2D eigenvalue weighted by atomic mass is 10.1. The molecule has 3 aromatic rings. The van der Waals surface area contributed by atoms with Crippen molar-refractivity contribution in [2.24, 2.45) is 5.92 Å². The van der Waals surface area contributed by atoms with Gasteiger partial charge in [-0.25, -0.2) is 4.39 Å². The lowest BCUT2D eigenvalue weighted by Gasteiger charge is -2.30. The number of benzene rings is 2. The van der Waals surface area contributed by atoms with Gasteiger partial charge in [-0.05, 0) is 53.1 Å². The number of hydrogen-bond donors (Lipinski definition) is 0. The number of aryl methyl sites for hydroxylation is 1. The first kappa shape index (κ1) is 25.9. The molecule has 0 aliphatic heterocycles. The average molecular weight is 501 g/mol. The zero-order valence-electron chi connectivity index (χ0n) is 19.7. The van der Waals surface area contributed by atoms with Crippen LogP contribution in [0.2, 0.25) is 0 Å². The molecule has 1 aromatic heterocycles. The lowest BCUT2D eigenvalue weighted by Crippen LogP contribution is -2.44. The Bertz CT molecular complexity index is 1090. The number of thiophene rings is 1. The van der Waals surface area contributed by atoms with E-state index in [9.17, 15) is 14.0 Å². The molecule has 2 amide bonds. The van der Waals surface area contributed by atoms with E-state index in [0.29, 0.717) is 25.2 Å². The molecular weight excluding hydrogens is 471 g/mol. The second-order valence-electron chi connectivity index (χ2n) is 8.79. The predicted octanol–water partition coefficient (Wildman–Crippen LogP) is 6.19. The molecule has 180 valence electrons. The fourth-order valence-electron chi connectivity index (χ4n) is 3.64. The van der Waals surface area contributed by atoms with E-state index in [1.54, 1.807) is 33.3 Å². The van der Waals surface area contributed by atoms with Crippen molar-refractivity contribution < 1.29 is 14.0 Å². The van der Waals surface area contributed by atoms with Crippen molar-refractivity contribution >= 4 is 34.8 Å². The SMILES string of the molecule is Cc1ccsc1CN(Cc1ccc(F)cc1)C(=O)CN(CC(C)C)C(=O)C(Cl)c1ccccc1. The smallest absolute Gasteiger partial charge is 0.245 e. The quantitative estimate of drug-likeness (QED) is 0.311. The number of nitrogens with zero attached hydrogens (tertiary/aromatic N) is 2. The van der Waals surface area contributed by atoms with Crippen LogP contribution in [0.15, 0.2) is 66.0 Å². The maximum absolute atomic E-state index is 13.5. The Morgan fingerprint density at radius 3 is 2.24 bits per heavy atom. The van der Waals surface area contributed by atoms with E-state index in [4.69, 9.17) is 11.6 Å². The third-order valence-corrected chi connectivity index (χ3v) is 6.92. The van der Waals surface area contributed by atoms with E-state index in [2.05, 4.69) is 0 Å². The molecule has 0 bridgehead atoms. The van der Waals surface area contributed by atoms with E-state index in [-0.39, 0.29) is 30.1 Å². The Hall–Kier alpha value is -2.70. The molecule has 2 aromatic carbocycles. The number of hydrogen-bond acceptors (Lipinski definition) is 3. The molecule has 1 unspecified atom stereocenters. The molecule has 34 heavy (non-hydrogen) atoms. The number of amides is 2. The third kappa shape index (κ3) is 7.15. The Labute approximate surface area is 210 Å². The van der Waals surface area contributed by atoms with Crippen molar-refractivity contribution in [2.75, 3.05) is 13.1 Å². The highest BCUT2D eigenvalue weighted by Crippen LogP contribution is 2.24. The Kier molecular flexibility index (Phi) is 9.25. The summed E-state index contributed by atoms with van der Waals surface area (Å²) in [5.41, 5.74) is 2.64. The van der Waals surface area contributed by atoms with Gasteiger partial charge >= 0.3 is 0 Å². The van der Waals surface area contributed by atoms with Crippen molar-refractivity contribution in [3.05, 3.63) is 93.4 Å². The highest BCUT2D eigenvalue weighted by molar-refractivity contribution is 7.10. The average Bonchev–Trinajstić information content (AvgIpc) is 3.23. The first-order valence-electron chi connectivity index (χ1n) is 11.3. The second-order valence-corrected chi connectivity index (χ2v) is 10.2. The van der Waals surface area contributed by atoms with Crippen LogP contribution in [0.25, 0.3) is 0 Å². The van der Waals surface area contributed by atoms with Crippen LogP contribution in [-0.4, -0.2) is 34.7 Å². The highest BCUT2D eigenvalue weighted by Gasteiger charge is 2.28. The maximum atomic E-state index is 13.5. The molecule has 0 aliphatic carbocycles. The monoisotopic (exact) mass is 500 g/mol. The summed E-state index contributed by atoms with van der Waals surface area (Å²) in [6.07, 6.45) is 0. The molecule has 0 saturated carbocycles. The second kappa shape index (κ2) is 12.1. The van der Waals surface area contributed by atoms with Gasteiger partial charge in [-0.15, -0.1) is 22.9 Å². The van der Waals surface area contributed by atoms with E-state index in [1.807, 2.05) is 62.5 Å². The topological polar surface area (TPSA) is 40.6 Å². The first-order chi connectivity index (χ1) is 16.2. The summed E-state index contributed by atoms with van der Waals surface area (Å²) in [6, 6.07) is 17.3. The summed E-state index contributed by atoms with van der Waals surface area (Å²) in [7, 11) is 0. The van der Waals surface area contributed by atoms with Crippen molar-refractivity contribution in [1.29, 1.82) is 0 Å². The zero-order chi connectivity index (χ0) is 24.7. The minimum atomic E-state index is -0.863. The van der Waals surface area contributed by atoms with Crippen LogP contribution < -0.4 is 0 Å². The molecule has 0 fully saturated rings. The highest BCUT2D eigenvalue weighted by atomic mass is 35.5. The normalized spacial score (nSPS) is 11.9. The lowest BCUT2D eigenvalue weighted by molar-refractivity contribution is -0.141. The van der Waals surface area contributed by atoms with E-state index in [1.165, 1.54) is 12.1 Å². The number of rotatable bonds is 10. The van der Waals surface area contributed by atoms with Gasteiger partial charge in [0.2, 0.25) is 11.8 Å². The molecule has 0 N–H and O–H groups in total. The summed E-state index contributed by atoms with van der Waals surface area (Å²) >= 11 is 8.12. The first-order valence-corrected chi connectivity index (χ1v) is 12.6. The summed E-state index contributed by atoms with van der Waals surface area (Å²) in [5, 5.41) is 1.13. The molecule has 7 heteroatoms. The van der Waals surface area contributed by atoms with Gasteiger partial charge in [0.1, 0.15) is 11.2 Å². The summed E-state index contributed by atoms with van der Waals surface area (Å²) in [6.45, 7) is 7.11. The van der Waals surface area contributed by atoms with Crippen molar-refractivity contribution in [3.8, 4) is 0 Å². The summed E-state index contributed by atoms with van der Waals surface area (Å²) < 4.78 is 13.4. The minimum Gasteiger partial charge on any atom is -0.332 e. The summed E-state index contributed by atoms with van der Waals surface area (Å²) in [4.78, 5) is 31.2. The minimum absolute atomic E-state index is 0.0707. The van der Waals surface area contributed by atoms with Crippen LogP contribution in [0.5, 0.6) is 0 Å². The number of carbonyl (C=O) groups is 2. The summed E-state index contributed by atoms with van der Waals surface area (Å²) in [5.74, 6) is -0.619. The molecule has 0 radical (unpaired) electrons. The van der Waals surface area contributed by atoms with Crippen LogP contribution in [0, 0.1) is 18.7 Å². The molecule has 0 saturated heterocycles. The molecule has 1 heterocycles. The fraction of sp³-hybridized carbons (Fsp3) is 0.333. The molecule has 0 aliphatic rings. The Morgan fingerprint density at radius 2 is 1.65 bits per heavy atom. The number of carbonyl (C=O) groups excluding carboxylic acids is 2. The zero-order valence-corrected chi connectivity index (χ0v) is 21.3. The van der Waals surface area contributed by atoms with Gasteiger partial charge in [0, 0.05) is 18.0 Å². The van der Waals surface area contributed by atoms with Gasteiger partial charge < -0.3 is 9.80 Å². The standard InChI is InChI=1S/C27H30ClFN2O2S/c1-19(2)15-31(27(33)26(28)22-7-5-4-6-8-22)18-25(32)30(17-24-20(3)13-14-34-24)16-21-9-11-23(29)12-10-21/h4-14,19,26H,15-18H2,1-3H3. The number of halogens is 2. The third-order valence-electron chi connectivity index (χ3n) is 5.47. The van der Waals surface area contributed by atoms with Gasteiger partial charge in [-0.1, -0.05) is 56.3 Å². The van der Waals surface area contributed by atoms with Crippen LogP contribution in [-0.2, 0) is 22.7 Å². The van der Waals surface area contributed by atoms with Gasteiger partial charge in [0.05, 0.1) is 13.1 Å². The van der Waals surface area contributed by atoms with Gasteiger partial charge in [0.25, 0.3) is 0 Å². The Morgan fingerprint density at radius 1 is 0.971 bits per heavy atom. The van der Waals surface area contributed by atoms with E-state index in [0.717, 1.165) is 16.0 Å². The predicted molar refractivity (Wildman–Crippen MR) is 136 cm³/mol. The van der Waals surface area contributed by atoms with Crippen LogP contribution in [0.3, 0.4) is 0 Å².